The van der Waals surface area contributed by atoms with Gasteiger partial charge in [0.25, 0.3) is 0 Å². The fourth-order valence-corrected chi connectivity index (χ4v) is 3.57. The maximum Gasteiger partial charge on any atom is 0.305 e. The van der Waals surface area contributed by atoms with Crippen LogP contribution < -0.4 is 0 Å². The SMILES string of the molecule is CCCCCCCCCCCCCCCCCCCCC(=O)OCCCC. The maximum absolute atomic E-state index is 11.5. The van der Waals surface area contributed by atoms with Crippen molar-refractivity contribution in [2.24, 2.45) is 0 Å². The molecule has 0 atom stereocenters. The Hall–Kier alpha value is -0.530. The molecule has 0 spiro atoms. The molecular weight excluding hydrogens is 332 g/mol. The Morgan fingerprint density at radius 1 is 0.481 bits per heavy atom. The first-order chi connectivity index (χ1) is 13.3. The van der Waals surface area contributed by atoms with Crippen molar-refractivity contribution in [3.63, 3.8) is 0 Å². The molecule has 2 heteroatoms. The molecular formula is C25H50O2. The fourth-order valence-electron chi connectivity index (χ4n) is 3.57. The van der Waals surface area contributed by atoms with Crippen LogP contribution in [-0.2, 0) is 9.53 Å². The molecule has 0 fully saturated rings. The van der Waals surface area contributed by atoms with E-state index in [1.807, 2.05) is 0 Å². The number of esters is 1. The summed E-state index contributed by atoms with van der Waals surface area (Å²) in [5, 5.41) is 0. The van der Waals surface area contributed by atoms with Gasteiger partial charge in [-0.15, -0.1) is 0 Å². The van der Waals surface area contributed by atoms with Gasteiger partial charge >= 0.3 is 5.97 Å². The highest BCUT2D eigenvalue weighted by Gasteiger charge is 2.01. The lowest BCUT2D eigenvalue weighted by Gasteiger charge is -2.04. The second-order valence-electron chi connectivity index (χ2n) is 8.33. The molecule has 0 radical (unpaired) electrons. The number of unbranched alkanes of at least 4 members (excludes halogenated alkanes) is 18. The summed E-state index contributed by atoms with van der Waals surface area (Å²) in [5.41, 5.74) is 0. The lowest BCUT2D eigenvalue weighted by Crippen LogP contribution is -2.05. The van der Waals surface area contributed by atoms with E-state index in [4.69, 9.17) is 4.74 Å². The van der Waals surface area contributed by atoms with E-state index in [0.29, 0.717) is 13.0 Å². The molecule has 162 valence electrons. The summed E-state index contributed by atoms with van der Waals surface area (Å²) in [6.07, 6.45) is 27.5. The smallest absolute Gasteiger partial charge is 0.305 e. The molecule has 27 heavy (non-hydrogen) atoms. The third kappa shape index (κ3) is 23.4. The Morgan fingerprint density at radius 3 is 1.19 bits per heavy atom. The molecule has 0 amide bonds. The van der Waals surface area contributed by atoms with Gasteiger partial charge in [-0.2, -0.15) is 0 Å². The summed E-state index contributed by atoms with van der Waals surface area (Å²) in [5.74, 6) is -0.0000527. The summed E-state index contributed by atoms with van der Waals surface area (Å²) in [4.78, 5) is 11.5. The topological polar surface area (TPSA) is 26.3 Å². The minimum absolute atomic E-state index is 0.0000527. The zero-order chi connectivity index (χ0) is 19.8. The summed E-state index contributed by atoms with van der Waals surface area (Å²) < 4.78 is 5.18. The third-order valence-corrected chi connectivity index (χ3v) is 5.50. The normalized spacial score (nSPS) is 11.0. The minimum atomic E-state index is -0.0000527. The first kappa shape index (κ1) is 26.5. The molecule has 0 aromatic rings. The highest BCUT2D eigenvalue weighted by Crippen LogP contribution is 2.14. The molecule has 0 unspecified atom stereocenters. The Balaban J connectivity index is 3.06. The maximum atomic E-state index is 11.5. The van der Waals surface area contributed by atoms with E-state index < -0.39 is 0 Å². The van der Waals surface area contributed by atoms with Crippen LogP contribution in [-0.4, -0.2) is 12.6 Å². The van der Waals surface area contributed by atoms with Crippen LogP contribution in [0.15, 0.2) is 0 Å². The van der Waals surface area contributed by atoms with Gasteiger partial charge in [0.2, 0.25) is 0 Å². The van der Waals surface area contributed by atoms with Crippen molar-refractivity contribution in [1.29, 1.82) is 0 Å². The van der Waals surface area contributed by atoms with E-state index in [1.165, 1.54) is 109 Å². The van der Waals surface area contributed by atoms with Crippen LogP contribution in [0.1, 0.15) is 149 Å². The van der Waals surface area contributed by atoms with E-state index in [2.05, 4.69) is 13.8 Å². The van der Waals surface area contributed by atoms with Crippen LogP contribution in [0.4, 0.5) is 0 Å². The predicted molar refractivity (Wildman–Crippen MR) is 119 cm³/mol. The first-order valence-electron chi connectivity index (χ1n) is 12.5. The Kier molecular flexibility index (Phi) is 23.0. The van der Waals surface area contributed by atoms with Gasteiger partial charge < -0.3 is 4.74 Å². The van der Waals surface area contributed by atoms with Crippen molar-refractivity contribution >= 4 is 5.97 Å². The number of hydrogen-bond acceptors (Lipinski definition) is 2. The molecule has 2 nitrogen and oxygen atoms in total. The molecule has 0 N–H and O–H groups in total. The van der Waals surface area contributed by atoms with Crippen LogP contribution >= 0.6 is 0 Å². The van der Waals surface area contributed by atoms with Crippen molar-refractivity contribution in [1.82, 2.24) is 0 Å². The first-order valence-corrected chi connectivity index (χ1v) is 12.5. The van der Waals surface area contributed by atoms with Crippen molar-refractivity contribution < 1.29 is 9.53 Å². The van der Waals surface area contributed by atoms with Gasteiger partial charge in [0.1, 0.15) is 0 Å². The monoisotopic (exact) mass is 382 g/mol. The van der Waals surface area contributed by atoms with Crippen LogP contribution in [0.25, 0.3) is 0 Å². The summed E-state index contributed by atoms with van der Waals surface area (Å²) in [6.45, 7) is 5.01. The average molecular weight is 383 g/mol. The Bertz CT molecular complexity index is 288. The van der Waals surface area contributed by atoms with Gasteiger partial charge in [-0.1, -0.05) is 129 Å². The molecule has 0 saturated heterocycles. The van der Waals surface area contributed by atoms with E-state index in [9.17, 15) is 4.79 Å². The Labute approximate surface area is 171 Å². The van der Waals surface area contributed by atoms with Gasteiger partial charge in [-0.3, -0.25) is 4.79 Å². The van der Waals surface area contributed by atoms with Gasteiger partial charge in [-0.05, 0) is 12.8 Å². The number of rotatable bonds is 22. The molecule has 0 heterocycles. The van der Waals surface area contributed by atoms with E-state index >= 15 is 0 Å². The van der Waals surface area contributed by atoms with Crippen molar-refractivity contribution in [3.05, 3.63) is 0 Å². The van der Waals surface area contributed by atoms with Crippen LogP contribution in [0.3, 0.4) is 0 Å². The van der Waals surface area contributed by atoms with Crippen molar-refractivity contribution in [2.45, 2.75) is 149 Å². The number of carbonyl (C=O) groups is 1. The van der Waals surface area contributed by atoms with Gasteiger partial charge in [0, 0.05) is 6.42 Å². The fraction of sp³-hybridized carbons (Fsp3) is 0.960. The minimum Gasteiger partial charge on any atom is -0.466 e. The summed E-state index contributed by atoms with van der Waals surface area (Å²) in [6, 6.07) is 0. The van der Waals surface area contributed by atoms with E-state index in [-0.39, 0.29) is 5.97 Å². The standard InChI is InChI=1S/C25H50O2/c1-3-5-7-8-9-10-11-12-13-14-15-16-17-18-19-20-21-22-23-25(26)27-24-6-4-2/h3-24H2,1-2H3. The lowest BCUT2D eigenvalue weighted by atomic mass is 10.0. The summed E-state index contributed by atoms with van der Waals surface area (Å²) in [7, 11) is 0. The lowest BCUT2D eigenvalue weighted by molar-refractivity contribution is -0.143. The van der Waals surface area contributed by atoms with Gasteiger partial charge in [-0.25, -0.2) is 0 Å². The number of carbonyl (C=O) groups excluding carboxylic acids is 1. The second-order valence-corrected chi connectivity index (χ2v) is 8.33. The third-order valence-electron chi connectivity index (χ3n) is 5.50. The van der Waals surface area contributed by atoms with Crippen LogP contribution in [0.2, 0.25) is 0 Å². The predicted octanol–water partition coefficient (Wildman–Crippen LogP) is 8.76. The van der Waals surface area contributed by atoms with Crippen LogP contribution in [0, 0.1) is 0 Å². The molecule has 0 saturated carbocycles. The highest BCUT2D eigenvalue weighted by atomic mass is 16.5. The van der Waals surface area contributed by atoms with Gasteiger partial charge in [0.15, 0.2) is 0 Å². The molecule has 0 aliphatic carbocycles. The van der Waals surface area contributed by atoms with E-state index in [0.717, 1.165) is 19.3 Å². The zero-order valence-corrected chi connectivity index (χ0v) is 18.9. The summed E-state index contributed by atoms with van der Waals surface area (Å²) >= 11 is 0. The second kappa shape index (κ2) is 23.5. The molecule has 0 aliphatic rings. The molecule has 0 rings (SSSR count). The van der Waals surface area contributed by atoms with E-state index in [1.54, 1.807) is 0 Å². The molecule has 0 aliphatic heterocycles. The van der Waals surface area contributed by atoms with Crippen LogP contribution in [0.5, 0.6) is 0 Å². The van der Waals surface area contributed by atoms with Crippen molar-refractivity contribution in [2.75, 3.05) is 6.61 Å². The molecule has 0 aromatic heterocycles. The largest absolute Gasteiger partial charge is 0.466 e. The Morgan fingerprint density at radius 2 is 0.815 bits per heavy atom. The quantitative estimate of drug-likeness (QED) is 0.138. The molecule has 0 bridgehead atoms. The number of hydrogen-bond donors (Lipinski definition) is 0. The number of ether oxygens (including phenoxy) is 1. The van der Waals surface area contributed by atoms with Gasteiger partial charge in [0.05, 0.1) is 6.61 Å². The highest BCUT2D eigenvalue weighted by molar-refractivity contribution is 5.69. The molecule has 0 aromatic carbocycles. The van der Waals surface area contributed by atoms with Crippen molar-refractivity contribution in [3.8, 4) is 0 Å². The average Bonchev–Trinajstić information content (AvgIpc) is 2.67. The zero-order valence-electron chi connectivity index (χ0n) is 18.9.